The average Bonchev–Trinajstić information content (AvgIpc) is 3.45. The fourth-order valence-corrected chi connectivity index (χ4v) is 4.17. The molecule has 1 aromatic carbocycles. The van der Waals surface area contributed by atoms with E-state index in [-0.39, 0.29) is 17.6 Å². The van der Waals surface area contributed by atoms with E-state index < -0.39 is 0 Å². The molecule has 7 heteroatoms. The molecule has 7 nitrogen and oxygen atoms in total. The summed E-state index contributed by atoms with van der Waals surface area (Å²) < 4.78 is 1.93. The maximum Gasteiger partial charge on any atom is 0.323 e. The minimum atomic E-state index is -0.259. The number of anilines is 1. The number of carbonyl (C=O) groups is 1. The molecule has 0 unspecified atom stereocenters. The van der Waals surface area contributed by atoms with E-state index in [2.05, 4.69) is 16.4 Å². The van der Waals surface area contributed by atoms with E-state index in [1.54, 1.807) is 12.3 Å². The molecule has 3 aromatic rings. The molecule has 1 saturated heterocycles. The summed E-state index contributed by atoms with van der Waals surface area (Å²) >= 11 is 0. The Morgan fingerprint density at radius 2 is 2.03 bits per heavy atom. The van der Waals surface area contributed by atoms with E-state index in [1.807, 2.05) is 67.5 Å². The van der Waals surface area contributed by atoms with Crippen LogP contribution < -0.4 is 5.32 Å². The number of likely N-dealkylation sites (tertiary alicyclic amines) is 1. The number of nitrogens with one attached hydrogen (secondary N) is 2. The number of aromatic amines is 1. The van der Waals surface area contributed by atoms with Gasteiger partial charge in [0.15, 0.2) is 0 Å². The Hall–Kier alpha value is -3.53. The smallest absolute Gasteiger partial charge is 0.323 e. The van der Waals surface area contributed by atoms with Crippen molar-refractivity contribution in [2.24, 2.45) is 0 Å². The van der Waals surface area contributed by atoms with E-state index in [0.717, 1.165) is 35.6 Å². The van der Waals surface area contributed by atoms with Gasteiger partial charge >= 0.3 is 6.03 Å². The lowest BCUT2D eigenvalue weighted by atomic mass is 10.1. The molecule has 0 radical (unpaired) electrons. The molecule has 2 aromatic heterocycles. The van der Waals surface area contributed by atoms with Gasteiger partial charge in [0.1, 0.15) is 17.7 Å². The number of nitrogens with zero attached hydrogens (tertiary/aromatic N) is 4. The maximum absolute atomic E-state index is 13.2. The summed E-state index contributed by atoms with van der Waals surface area (Å²) in [6, 6.07) is 13.7. The van der Waals surface area contributed by atoms with Gasteiger partial charge in [-0.1, -0.05) is 30.3 Å². The summed E-state index contributed by atoms with van der Waals surface area (Å²) in [4.78, 5) is 23.3. The normalized spacial score (nSPS) is 16.4. The van der Waals surface area contributed by atoms with Crippen molar-refractivity contribution >= 4 is 11.8 Å². The van der Waals surface area contributed by atoms with E-state index >= 15 is 0 Å². The number of amides is 2. The third-order valence-electron chi connectivity index (χ3n) is 5.69. The van der Waals surface area contributed by atoms with Crippen LogP contribution >= 0.6 is 0 Å². The second-order valence-electron chi connectivity index (χ2n) is 9.01. The van der Waals surface area contributed by atoms with Crippen LogP contribution in [0.3, 0.4) is 0 Å². The summed E-state index contributed by atoms with van der Waals surface area (Å²) in [7, 11) is 0. The van der Waals surface area contributed by atoms with Crippen molar-refractivity contribution in [3.8, 4) is 17.3 Å². The highest BCUT2D eigenvalue weighted by molar-refractivity contribution is 5.89. The van der Waals surface area contributed by atoms with Gasteiger partial charge in [0.05, 0.1) is 17.3 Å². The zero-order chi connectivity index (χ0) is 22.2. The van der Waals surface area contributed by atoms with Gasteiger partial charge in [0.25, 0.3) is 0 Å². The Bertz CT molecular complexity index is 1130. The third-order valence-corrected chi connectivity index (χ3v) is 5.69. The first-order chi connectivity index (χ1) is 14.8. The zero-order valence-electron chi connectivity index (χ0n) is 18.4. The lowest BCUT2D eigenvalue weighted by molar-refractivity contribution is 0.205. The zero-order valence-corrected chi connectivity index (χ0v) is 18.4. The summed E-state index contributed by atoms with van der Waals surface area (Å²) in [5.74, 6) is 1.44. The van der Waals surface area contributed by atoms with Crippen LogP contribution in [0, 0.1) is 18.3 Å². The number of imidazole rings is 1. The van der Waals surface area contributed by atoms with Gasteiger partial charge in [-0.2, -0.15) is 5.26 Å². The van der Waals surface area contributed by atoms with Crippen LogP contribution in [-0.4, -0.2) is 32.0 Å². The van der Waals surface area contributed by atoms with Crippen molar-refractivity contribution < 1.29 is 4.79 Å². The SMILES string of the molecule is Cc1[nH]c([C@@H]2CCCN2C(=O)Nc2cc(C#N)cn2C(C)(C)C)nc1-c1ccccc1. The molecule has 160 valence electrons. The molecule has 0 saturated carbocycles. The van der Waals surface area contributed by atoms with E-state index in [9.17, 15) is 10.1 Å². The van der Waals surface area contributed by atoms with Crippen molar-refractivity contribution in [3.05, 3.63) is 59.7 Å². The second kappa shape index (κ2) is 7.95. The number of urea groups is 1. The van der Waals surface area contributed by atoms with E-state index in [0.29, 0.717) is 17.9 Å². The number of carbonyl (C=O) groups excluding carboxylic acids is 1. The van der Waals surface area contributed by atoms with E-state index in [1.165, 1.54) is 0 Å². The number of benzene rings is 1. The maximum atomic E-state index is 13.2. The second-order valence-corrected chi connectivity index (χ2v) is 9.01. The van der Waals surface area contributed by atoms with Crippen LogP contribution in [0.5, 0.6) is 0 Å². The largest absolute Gasteiger partial charge is 0.344 e. The molecule has 1 atom stereocenters. The highest BCUT2D eigenvalue weighted by atomic mass is 16.2. The fraction of sp³-hybridized carbons (Fsp3) is 0.375. The fourth-order valence-electron chi connectivity index (χ4n) is 4.17. The predicted octanol–water partition coefficient (Wildman–Crippen LogP) is 5.18. The quantitative estimate of drug-likeness (QED) is 0.616. The minimum absolute atomic E-state index is 0.107. The van der Waals surface area contributed by atoms with Crippen LogP contribution in [0.1, 0.15) is 56.7 Å². The standard InChI is InChI=1S/C24H28N6O/c1-16-21(18-9-6-5-7-10-18)28-22(26-16)19-11-8-12-29(19)23(31)27-20-13-17(14-25)15-30(20)24(2,3)4/h5-7,9-10,13,15,19H,8,11-12H2,1-4H3,(H,26,28)(H,27,31)/t19-/m0/s1. The first-order valence-electron chi connectivity index (χ1n) is 10.6. The lowest BCUT2D eigenvalue weighted by Crippen LogP contribution is -2.36. The topological polar surface area (TPSA) is 89.7 Å². The van der Waals surface area contributed by atoms with Crippen LogP contribution in [0.2, 0.25) is 0 Å². The first-order valence-corrected chi connectivity index (χ1v) is 10.6. The molecule has 1 aliphatic rings. The molecule has 2 amide bonds. The van der Waals surface area contributed by atoms with E-state index in [4.69, 9.17) is 4.98 Å². The van der Waals surface area contributed by atoms with Crippen molar-refractivity contribution in [2.75, 3.05) is 11.9 Å². The van der Waals surface area contributed by atoms with Gasteiger partial charge in [-0.3, -0.25) is 5.32 Å². The molecular formula is C24H28N6O. The van der Waals surface area contributed by atoms with Gasteiger partial charge in [-0.25, -0.2) is 9.78 Å². The van der Waals surface area contributed by atoms with Gasteiger partial charge in [-0.15, -0.1) is 0 Å². The molecule has 1 fully saturated rings. The first kappa shape index (κ1) is 20.7. The predicted molar refractivity (Wildman–Crippen MR) is 121 cm³/mol. The number of H-pyrrole nitrogens is 1. The molecule has 0 aliphatic carbocycles. The molecule has 4 rings (SSSR count). The monoisotopic (exact) mass is 416 g/mol. The van der Waals surface area contributed by atoms with Crippen molar-refractivity contribution in [3.63, 3.8) is 0 Å². The van der Waals surface area contributed by atoms with Crippen LogP contribution in [-0.2, 0) is 5.54 Å². The Kier molecular flexibility index (Phi) is 5.32. The number of hydrogen-bond acceptors (Lipinski definition) is 3. The molecular weight excluding hydrogens is 388 g/mol. The number of aromatic nitrogens is 3. The van der Waals surface area contributed by atoms with Gasteiger partial charge in [-0.05, 0) is 46.6 Å². The summed E-state index contributed by atoms with van der Waals surface area (Å²) in [5, 5.41) is 12.3. The Balaban J connectivity index is 1.58. The Morgan fingerprint density at radius 3 is 2.71 bits per heavy atom. The van der Waals surface area contributed by atoms with Gasteiger partial charge < -0.3 is 14.5 Å². The molecule has 3 heterocycles. The molecule has 0 bridgehead atoms. The molecule has 31 heavy (non-hydrogen) atoms. The van der Waals surface area contributed by atoms with Crippen LogP contribution in [0.4, 0.5) is 10.6 Å². The Morgan fingerprint density at radius 1 is 1.29 bits per heavy atom. The summed E-state index contributed by atoms with van der Waals surface area (Å²) in [5.41, 5.74) is 3.24. The minimum Gasteiger partial charge on any atom is -0.344 e. The molecule has 0 spiro atoms. The molecule has 1 aliphatic heterocycles. The highest BCUT2D eigenvalue weighted by Gasteiger charge is 2.33. The van der Waals surface area contributed by atoms with Crippen molar-refractivity contribution in [1.82, 2.24) is 19.4 Å². The van der Waals surface area contributed by atoms with Crippen LogP contribution in [0.25, 0.3) is 11.3 Å². The number of hydrogen-bond donors (Lipinski definition) is 2. The third kappa shape index (κ3) is 4.06. The number of nitriles is 1. The van der Waals surface area contributed by atoms with Crippen molar-refractivity contribution in [2.45, 2.75) is 52.1 Å². The van der Waals surface area contributed by atoms with Crippen molar-refractivity contribution in [1.29, 1.82) is 5.26 Å². The molecule has 2 N–H and O–H groups in total. The number of rotatable bonds is 3. The summed E-state index contributed by atoms with van der Waals surface area (Å²) in [6.45, 7) is 8.80. The van der Waals surface area contributed by atoms with Gasteiger partial charge in [0.2, 0.25) is 0 Å². The average molecular weight is 417 g/mol. The van der Waals surface area contributed by atoms with Crippen LogP contribution in [0.15, 0.2) is 42.6 Å². The Labute approximate surface area is 182 Å². The highest BCUT2D eigenvalue weighted by Crippen LogP contribution is 2.34. The van der Waals surface area contributed by atoms with Gasteiger partial charge in [0, 0.05) is 29.5 Å². The lowest BCUT2D eigenvalue weighted by Gasteiger charge is -2.27. The number of aryl methyl sites for hydroxylation is 1. The summed E-state index contributed by atoms with van der Waals surface area (Å²) in [6.07, 6.45) is 3.56.